The molecule has 22 heavy (non-hydrogen) atoms. The largest absolute Gasteiger partial charge is 0.468 e. The number of aromatic nitrogens is 2. The van der Waals surface area contributed by atoms with Crippen molar-refractivity contribution >= 4 is 5.97 Å². The number of furan rings is 1. The molecule has 2 aromatic rings. The lowest BCUT2D eigenvalue weighted by Crippen LogP contribution is -2.38. The molecule has 0 N–H and O–H groups in total. The highest BCUT2D eigenvalue weighted by Gasteiger charge is 2.35. The monoisotopic (exact) mass is 303 g/mol. The number of aryl methyl sites for hydroxylation is 1. The van der Waals surface area contributed by atoms with Gasteiger partial charge in [0.15, 0.2) is 0 Å². The first kappa shape index (κ1) is 14.8. The molecule has 1 aliphatic heterocycles. The Balaban J connectivity index is 1.86. The van der Waals surface area contributed by atoms with Crippen LogP contribution in [0.15, 0.2) is 29.1 Å². The van der Waals surface area contributed by atoms with E-state index in [1.807, 2.05) is 30.0 Å². The molecule has 6 heteroatoms. The number of esters is 1. The average Bonchev–Trinajstić information content (AvgIpc) is 3.15. The SMILES string of the molecule is CCOC(=O)C1CN(Cc2ccco2)Cc2ncn(CC)c21. The van der Waals surface area contributed by atoms with Gasteiger partial charge in [-0.25, -0.2) is 4.98 Å². The topological polar surface area (TPSA) is 60.5 Å². The van der Waals surface area contributed by atoms with Crippen molar-refractivity contribution in [3.63, 3.8) is 0 Å². The third-order valence-corrected chi connectivity index (χ3v) is 3.97. The van der Waals surface area contributed by atoms with Gasteiger partial charge in [0.25, 0.3) is 0 Å². The third kappa shape index (κ3) is 2.78. The molecule has 0 saturated heterocycles. The molecule has 0 aliphatic carbocycles. The number of hydrogen-bond acceptors (Lipinski definition) is 5. The van der Waals surface area contributed by atoms with Crippen LogP contribution in [0.5, 0.6) is 0 Å². The smallest absolute Gasteiger partial charge is 0.316 e. The molecule has 3 rings (SSSR count). The van der Waals surface area contributed by atoms with Crippen molar-refractivity contribution in [2.45, 2.75) is 39.4 Å². The lowest BCUT2D eigenvalue weighted by Gasteiger charge is -2.31. The van der Waals surface area contributed by atoms with E-state index < -0.39 is 0 Å². The van der Waals surface area contributed by atoms with Gasteiger partial charge in [-0.3, -0.25) is 9.69 Å². The summed E-state index contributed by atoms with van der Waals surface area (Å²) in [6.07, 6.45) is 3.48. The summed E-state index contributed by atoms with van der Waals surface area (Å²) in [4.78, 5) is 19.0. The maximum Gasteiger partial charge on any atom is 0.316 e. The van der Waals surface area contributed by atoms with Gasteiger partial charge in [0.05, 0.1) is 37.1 Å². The molecular weight excluding hydrogens is 282 g/mol. The van der Waals surface area contributed by atoms with Gasteiger partial charge in [-0.05, 0) is 26.0 Å². The van der Waals surface area contributed by atoms with Crippen molar-refractivity contribution in [2.24, 2.45) is 0 Å². The van der Waals surface area contributed by atoms with E-state index in [4.69, 9.17) is 9.15 Å². The number of fused-ring (bicyclic) bond motifs is 1. The van der Waals surface area contributed by atoms with E-state index >= 15 is 0 Å². The number of carbonyl (C=O) groups is 1. The highest BCUT2D eigenvalue weighted by Crippen LogP contribution is 2.30. The van der Waals surface area contributed by atoms with Crippen molar-refractivity contribution in [1.82, 2.24) is 14.5 Å². The summed E-state index contributed by atoms with van der Waals surface area (Å²) in [5.74, 6) is 0.421. The summed E-state index contributed by atoms with van der Waals surface area (Å²) in [7, 11) is 0. The molecule has 118 valence electrons. The van der Waals surface area contributed by atoms with Crippen molar-refractivity contribution in [3.8, 4) is 0 Å². The number of imidazole rings is 1. The zero-order chi connectivity index (χ0) is 15.5. The molecule has 1 unspecified atom stereocenters. The Morgan fingerprint density at radius 3 is 3.05 bits per heavy atom. The molecule has 6 nitrogen and oxygen atoms in total. The van der Waals surface area contributed by atoms with Gasteiger partial charge in [-0.2, -0.15) is 0 Å². The molecule has 0 saturated carbocycles. The molecule has 0 spiro atoms. The molecule has 0 amide bonds. The number of ether oxygens (including phenoxy) is 1. The molecule has 1 aliphatic rings. The summed E-state index contributed by atoms with van der Waals surface area (Å²) in [5, 5.41) is 0. The van der Waals surface area contributed by atoms with Gasteiger partial charge in [-0.15, -0.1) is 0 Å². The standard InChI is InChI=1S/C16H21N3O3/c1-3-19-11-17-14-10-18(8-12-6-5-7-22-12)9-13(15(14)19)16(20)21-4-2/h5-7,11,13H,3-4,8-10H2,1-2H3. The van der Waals surface area contributed by atoms with Crippen molar-refractivity contribution in [3.05, 3.63) is 41.9 Å². The van der Waals surface area contributed by atoms with E-state index in [2.05, 4.69) is 16.8 Å². The third-order valence-electron chi connectivity index (χ3n) is 3.97. The molecule has 0 radical (unpaired) electrons. The van der Waals surface area contributed by atoms with E-state index in [-0.39, 0.29) is 11.9 Å². The molecule has 1 atom stereocenters. The Labute approximate surface area is 129 Å². The van der Waals surface area contributed by atoms with E-state index in [9.17, 15) is 4.79 Å². The van der Waals surface area contributed by atoms with Gasteiger partial charge in [-0.1, -0.05) is 0 Å². The second-order valence-electron chi connectivity index (χ2n) is 5.42. The second kappa shape index (κ2) is 6.36. The highest BCUT2D eigenvalue weighted by molar-refractivity contribution is 5.78. The van der Waals surface area contributed by atoms with Crippen LogP contribution in [0.25, 0.3) is 0 Å². The molecule has 0 aromatic carbocycles. The first-order valence-corrected chi connectivity index (χ1v) is 7.68. The Morgan fingerprint density at radius 2 is 2.36 bits per heavy atom. The van der Waals surface area contributed by atoms with Crippen LogP contribution < -0.4 is 0 Å². The van der Waals surface area contributed by atoms with Crippen LogP contribution in [0, 0.1) is 0 Å². The lowest BCUT2D eigenvalue weighted by atomic mass is 9.98. The van der Waals surface area contributed by atoms with Crippen LogP contribution in [-0.4, -0.2) is 33.6 Å². The summed E-state index contributed by atoms with van der Waals surface area (Å²) >= 11 is 0. The quantitative estimate of drug-likeness (QED) is 0.792. The fourth-order valence-corrected chi connectivity index (χ4v) is 3.00. The minimum Gasteiger partial charge on any atom is -0.468 e. The zero-order valence-electron chi connectivity index (χ0n) is 13.0. The van der Waals surface area contributed by atoms with Gasteiger partial charge in [0, 0.05) is 19.6 Å². The lowest BCUT2D eigenvalue weighted by molar-refractivity contribution is -0.146. The summed E-state index contributed by atoms with van der Waals surface area (Å²) in [6.45, 7) is 7.09. The Morgan fingerprint density at radius 1 is 1.50 bits per heavy atom. The minimum atomic E-state index is -0.291. The van der Waals surface area contributed by atoms with Crippen LogP contribution in [0.3, 0.4) is 0 Å². The predicted octanol–water partition coefficient (Wildman–Crippen LogP) is 2.16. The van der Waals surface area contributed by atoms with Crippen molar-refractivity contribution in [1.29, 1.82) is 0 Å². The first-order chi connectivity index (χ1) is 10.7. The van der Waals surface area contributed by atoms with Gasteiger partial charge < -0.3 is 13.7 Å². The normalized spacial score (nSPS) is 18.2. The predicted molar refractivity (Wildman–Crippen MR) is 80.1 cm³/mol. The van der Waals surface area contributed by atoms with Crippen LogP contribution in [0.4, 0.5) is 0 Å². The molecule has 0 bridgehead atoms. The average molecular weight is 303 g/mol. The highest BCUT2D eigenvalue weighted by atomic mass is 16.5. The number of carbonyl (C=O) groups excluding carboxylic acids is 1. The second-order valence-corrected chi connectivity index (χ2v) is 5.42. The molecular formula is C16H21N3O3. The maximum atomic E-state index is 12.4. The summed E-state index contributed by atoms with van der Waals surface area (Å²) in [6, 6.07) is 3.82. The fourth-order valence-electron chi connectivity index (χ4n) is 3.00. The van der Waals surface area contributed by atoms with Gasteiger partial charge in [0.2, 0.25) is 0 Å². The zero-order valence-corrected chi connectivity index (χ0v) is 13.0. The Hall–Kier alpha value is -2.08. The first-order valence-electron chi connectivity index (χ1n) is 7.68. The van der Waals surface area contributed by atoms with E-state index in [1.165, 1.54) is 0 Å². The minimum absolute atomic E-state index is 0.178. The Kier molecular flexibility index (Phi) is 4.29. The van der Waals surface area contributed by atoms with Crippen molar-refractivity contribution in [2.75, 3.05) is 13.2 Å². The molecule has 3 heterocycles. The maximum absolute atomic E-state index is 12.4. The molecule has 0 fully saturated rings. The van der Waals surface area contributed by atoms with E-state index in [0.29, 0.717) is 19.7 Å². The number of hydrogen-bond donors (Lipinski definition) is 0. The van der Waals surface area contributed by atoms with Crippen LogP contribution >= 0.6 is 0 Å². The van der Waals surface area contributed by atoms with Gasteiger partial charge in [0.1, 0.15) is 11.7 Å². The van der Waals surface area contributed by atoms with Gasteiger partial charge >= 0.3 is 5.97 Å². The van der Waals surface area contributed by atoms with Crippen LogP contribution in [-0.2, 0) is 29.2 Å². The van der Waals surface area contributed by atoms with Crippen molar-refractivity contribution < 1.29 is 13.9 Å². The number of nitrogens with zero attached hydrogens (tertiary/aromatic N) is 3. The van der Waals surface area contributed by atoms with E-state index in [0.717, 1.165) is 30.2 Å². The fraction of sp³-hybridized carbons (Fsp3) is 0.500. The summed E-state index contributed by atoms with van der Waals surface area (Å²) < 4.78 is 12.7. The Bertz CT molecular complexity index is 633. The summed E-state index contributed by atoms with van der Waals surface area (Å²) in [5.41, 5.74) is 1.95. The van der Waals surface area contributed by atoms with E-state index in [1.54, 1.807) is 6.26 Å². The number of rotatable bonds is 5. The van der Waals surface area contributed by atoms with Crippen LogP contribution in [0.1, 0.15) is 36.9 Å². The molecule has 2 aromatic heterocycles. The van der Waals surface area contributed by atoms with Crippen LogP contribution in [0.2, 0.25) is 0 Å².